The van der Waals surface area contributed by atoms with E-state index in [1.54, 1.807) is 0 Å². The zero-order valence-electron chi connectivity index (χ0n) is 22.5. The molecule has 3 rings (SSSR count). The van der Waals surface area contributed by atoms with Crippen molar-refractivity contribution in [2.75, 3.05) is 26.1 Å². The van der Waals surface area contributed by atoms with Crippen LogP contribution in [0.3, 0.4) is 0 Å². The van der Waals surface area contributed by atoms with Gasteiger partial charge in [-0.15, -0.1) is 10.8 Å². The number of halogens is 4. The van der Waals surface area contributed by atoms with Crippen molar-refractivity contribution in [3.05, 3.63) is 58.1 Å². The highest BCUT2D eigenvalue weighted by Gasteiger charge is 2.45. The molecule has 0 saturated carbocycles. The van der Waals surface area contributed by atoms with Crippen molar-refractivity contribution in [1.29, 1.82) is 0 Å². The van der Waals surface area contributed by atoms with E-state index in [2.05, 4.69) is 34.6 Å². The maximum atomic E-state index is 15.2. The summed E-state index contributed by atoms with van der Waals surface area (Å²) in [5, 5.41) is 9.90. The average molecular weight is 622 g/mol. The molecule has 0 radical (unpaired) electrons. The van der Waals surface area contributed by atoms with Gasteiger partial charge in [0.25, 0.3) is 0 Å². The normalized spacial score (nSPS) is 20.2. The molecule has 220 valence electrons. The number of carbonyl (C=O) groups is 1. The molecule has 40 heavy (non-hydrogen) atoms. The molecule has 3 N–H and O–H groups in total. The standard InChI is InChI=1S/C24H31ClF3N5O5SSi/c1-24(16-8-15(10-18(27)21(16)28)9-17(26)19-11-30-20(25)12-29-19)13-39(36,37)32(2)22(31-24)33(23(34)35)14-38-6-7-40(3,4)5/h8-12,36-37H,6-7,13-14H2,1-5H3,(H,34,35). The van der Waals surface area contributed by atoms with Gasteiger partial charge in [0.2, 0.25) is 5.96 Å². The van der Waals surface area contributed by atoms with Gasteiger partial charge in [-0.2, -0.15) is 0 Å². The van der Waals surface area contributed by atoms with E-state index in [1.165, 1.54) is 14.0 Å². The Morgan fingerprint density at radius 2 is 1.95 bits per heavy atom. The third-order valence-corrected chi connectivity index (χ3v) is 9.91. The van der Waals surface area contributed by atoms with Gasteiger partial charge in [0.15, 0.2) is 17.5 Å². The van der Waals surface area contributed by atoms with Crippen molar-refractivity contribution >= 4 is 54.4 Å². The SMILES string of the molecule is CN1C(N(COCC[Si](C)(C)C)C(=O)O)=NC(C)(c2cc(C=C(F)c3cnc(Cl)cn3)cc(F)c2F)CS1(O)O. The van der Waals surface area contributed by atoms with E-state index in [9.17, 15) is 27.8 Å². The molecule has 2 heterocycles. The van der Waals surface area contributed by atoms with Crippen molar-refractivity contribution in [2.24, 2.45) is 4.99 Å². The minimum Gasteiger partial charge on any atom is -0.465 e. The molecule has 0 bridgehead atoms. The van der Waals surface area contributed by atoms with E-state index in [0.717, 1.165) is 41.0 Å². The highest BCUT2D eigenvalue weighted by atomic mass is 35.5. The van der Waals surface area contributed by atoms with Gasteiger partial charge in [-0.05, 0) is 36.7 Å². The van der Waals surface area contributed by atoms with Gasteiger partial charge in [0.05, 0.1) is 18.1 Å². The number of hydrogen-bond acceptors (Lipinski definition) is 8. The first kappa shape index (κ1) is 31.8. The molecular weight excluding hydrogens is 591 g/mol. The molecule has 1 aliphatic rings. The second kappa shape index (κ2) is 12.0. The molecule has 2 aromatic rings. The van der Waals surface area contributed by atoms with Gasteiger partial charge in [-0.3, -0.25) is 9.11 Å². The van der Waals surface area contributed by atoms with E-state index in [-0.39, 0.29) is 23.0 Å². The predicted octanol–water partition coefficient (Wildman–Crippen LogP) is 6.35. The second-order valence-corrected chi connectivity index (χ2v) is 18.7. The summed E-state index contributed by atoms with van der Waals surface area (Å²) in [7, 11) is -4.03. The Bertz CT molecular complexity index is 1330. The first-order valence-electron chi connectivity index (χ1n) is 12.0. The van der Waals surface area contributed by atoms with Crippen LogP contribution in [0.4, 0.5) is 18.0 Å². The largest absolute Gasteiger partial charge is 0.465 e. The highest BCUT2D eigenvalue weighted by molar-refractivity contribution is 8.22. The van der Waals surface area contributed by atoms with Crippen LogP contribution in [0.2, 0.25) is 30.8 Å². The van der Waals surface area contributed by atoms with Gasteiger partial charge in [-0.1, -0.05) is 31.2 Å². The molecule has 1 aromatic heterocycles. The third kappa shape index (κ3) is 7.53. The van der Waals surface area contributed by atoms with Gasteiger partial charge in [0.1, 0.15) is 23.1 Å². The molecule has 1 aromatic carbocycles. The number of amides is 1. The Hall–Kier alpha value is -2.69. The molecule has 10 nitrogen and oxygen atoms in total. The Balaban J connectivity index is 2.06. The number of hydrogen-bond donors (Lipinski definition) is 3. The zero-order chi connectivity index (χ0) is 30.0. The molecule has 16 heteroatoms. The van der Waals surface area contributed by atoms with Crippen molar-refractivity contribution in [2.45, 2.75) is 38.1 Å². The summed E-state index contributed by atoms with van der Waals surface area (Å²) in [5.74, 6) is -4.66. The van der Waals surface area contributed by atoms with Gasteiger partial charge in [-0.25, -0.2) is 42.1 Å². The van der Waals surface area contributed by atoms with Crippen LogP contribution < -0.4 is 0 Å². The molecule has 0 fully saturated rings. The van der Waals surface area contributed by atoms with Crippen LogP contribution in [-0.4, -0.2) is 79.7 Å². The topological polar surface area (TPSA) is 132 Å². The zero-order valence-corrected chi connectivity index (χ0v) is 25.1. The monoisotopic (exact) mass is 621 g/mol. The summed E-state index contributed by atoms with van der Waals surface area (Å²) in [6, 6.07) is 2.59. The Morgan fingerprint density at radius 3 is 2.52 bits per heavy atom. The molecule has 0 spiro atoms. The highest BCUT2D eigenvalue weighted by Crippen LogP contribution is 2.52. The van der Waals surface area contributed by atoms with Crippen molar-refractivity contribution < 1.29 is 36.9 Å². The minimum absolute atomic E-state index is 0.0337. The molecule has 1 aliphatic heterocycles. The summed E-state index contributed by atoms with van der Waals surface area (Å²) in [5.41, 5.74) is -2.63. The maximum absolute atomic E-state index is 15.2. The fourth-order valence-corrected chi connectivity index (χ4v) is 6.19. The van der Waals surface area contributed by atoms with Crippen molar-refractivity contribution in [3.8, 4) is 0 Å². The molecule has 0 saturated heterocycles. The van der Waals surface area contributed by atoms with Crippen LogP contribution >= 0.6 is 22.4 Å². The fourth-order valence-electron chi connectivity index (χ4n) is 3.77. The number of aliphatic imine (C=N–C) groups is 1. The lowest BCUT2D eigenvalue weighted by atomic mass is 9.92. The van der Waals surface area contributed by atoms with Crippen LogP contribution in [0.25, 0.3) is 11.9 Å². The van der Waals surface area contributed by atoms with E-state index in [1.807, 2.05) is 0 Å². The Morgan fingerprint density at radius 1 is 1.27 bits per heavy atom. The van der Waals surface area contributed by atoms with Gasteiger partial charge < -0.3 is 9.84 Å². The Labute approximate surface area is 237 Å². The first-order valence-corrected chi connectivity index (χ1v) is 17.7. The number of rotatable bonds is 8. The lowest BCUT2D eigenvalue weighted by Crippen LogP contribution is -2.53. The third-order valence-electron chi connectivity index (χ3n) is 6.02. The van der Waals surface area contributed by atoms with Crippen LogP contribution in [0.15, 0.2) is 29.5 Å². The van der Waals surface area contributed by atoms with Gasteiger partial charge >= 0.3 is 6.09 Å². The number of benzene rings is 1. The molecule has 0 aliphatic carbocycles. The number of aromatic nitrogens is 2. The molecule has 1 atom stereocenters. The molecule has 1 unspecified atom stereocenters. The van der Waals surface area contributed by atoms with Crippen LogP contribution in [0, 0.1) is 11.6 Å². The quantitative estimate of drug-likeness (QED) is 0.176. The lowest BCUT2D eigenvalue weighted by molar-refractivity contribution is 0.0650. The minimum atomic E-state index is -3.77. The smallest absolute Gasteiger partial charge is 0.416 e. The summed E-state index contributed by atoms with van der Waals surface area (Å²) < 4.78 is 72.9. The average Bonchev–Trinajstić information content (AvgIpc) is 2.83. The number of carboxylic acid groups (broad SMARTS) is 1. The van der Waals surface area contributed by atoms with E-state index < -0.39 is 71.9 Å². The fraction of sp³-hybridized carbons (Fsp3) is 0.417. The molecular formula is C24H31ClF3N5O5SSi. The van der Waals surface area contributed by atoms with E-state index in [0.29, 0.717) is 4.90 Å². The van der Waals surface area contributed by atoms with Crippen molar-refractivity contribution in [3.63, 3.8) is 0 Å². The summed E-state index contributed by atoms with van der Waals surface area (Å²) in [6.07, 6.45) is 1.56. The number of guanidine groups is 1. The second-order valence-electron chi connectivity index (χ2n) is 10.6. The predicted molar refractivity (Wildman–Crippen MR) is 151 cm³/mol. The van der Waals surface area contributed by atoms with E-state index in [4.69, 9.17) is 16.3 Å². The molecule has 1 amide bonds. The lowest BCUT2D eigenvalue weighted by Gasteiger charge is -2.51. The Kier molecular flexibility index (Phi) is 9.58. The van der Waals surface area contributed by atoms with Gasteiger partial charge in [0, 0.05) is 27.3 Å². The van der Waals surface area contributed by atoms with Crippen LogP contribution in [0.1, 0.15) is 23.7 Å². The van der Waals surface area contributed by atoms with Crippen LogP contribution in [0.5, 0.6) is 0 Å². The summed E-state index contributed by atoms with van der Waals surface area (Å²) in [6.45, 7) is 7.44. The number of ether oxygens (including phenoxy) is 1. The maximum Gasteiger partial charge on any atom is 0.416 e. The summed E-state index contributed by atoms with van der Waals surface area (Å²) >= 11 is 5.67. The van der Waals surface area contributed by atoms with E-state index >= 15 is 4.39 Å². The van der Waals surface area contributed by atoms with Crippen molar-refractivity contribution in [1.82, 2.24) is 19.2 Å². The first-order chi connectivity index (χ1) is 18.4. The number of nitrogens with zero attached hydrogens (tertiary/aromatic N) is 5. The van der Waals surface area contributed by atoms with Crippen LogP contribution in [-0.2, 0) is 10.3 Å². The summed E-state index contributed by atoms with van der Waals surface area (Å²) in [4.78, 5) is 24.7.